The van der Waals surface area contributed by atoms with Gasteiger partial charge in [0, 0.05) is 6.54 Å². The Morgan fingerprint density at radius 3 is 2.88 bits per heavy atom. The zero-order chi connectivity index (χ0) is 18.0. The predicted molar refractivity (Wildman–Crippen MR) is 93.6 cm³/mol. The van der Waals surface area contributed by atoms with Gasteiger partial charge in [-0.2, -0.15) is 5.10 Å². The fourth-order valence-corrected chi connectivity index (χ4v) is 2.72. The number of nitrogens with two attached hydrogens (primary N) is 1. The number of nitrogens with one attached hydrogen (secondary N) is 1. The van der Waals surface area contributed by atoms with Gasteiger partial charge in [-0.15, -0.1) is 0 Å². The maximum absolute atomic E-state index is 14.5. The molecule has 0 saturated carbocycles. The van der Waals surface area contributed by atoms with E-state index in [4.69, 9.17) is 27.9 Å². The van der Waals surface area contributed by atoms with E-state index in [1.807, 2.05) is 0 Å². The Balaban J connectivity index is 1.75. The summed E-state index contributed by atoms with van der Waals surface area (Å²) in [5, 5.41) is 14.9. The van der Waals surface area contributed by atoms with Crippen molar-refractivity contribution in [3.05, 3.63) is 24.0 Å². The van der Waals surface area contributed by atoms with Crippen LogP contribution in [0.2, 0.25) is 0 Å². The molecule has 0 bridgehead atoms. The van der Waals surface area contributed by atoms with E-state index in [1.165, 1.54) is 22.3 Å². The van der Waals surface area contributed by atoms with Crippen LogP contribution in [0.4, 0.5) is 20.6 Å². The number of hydrazine groups is 1. The van der Waals surface area contributed by atoms with Crippen molar-refractivity contribution in [1.82, 2.24) is 10.4 Å². The van der Waals surface area contributed by atoms with Crippen LogP contribution in [-0.2, 0) is 4.74 Å². The normalized spacial score (nSPS) is 20.0. The van der Waals surface area contributed by atoms with Crippen molar-refractivity contribution in [2.45, 2.75) is 6.10 Å². The molecule has 11 heteroatoms. The van der Waals surface area contributed by atoms with Crippen molar-refractivity contribution >= 4 is 41.1 Å². The molecule has 25 heavy (non-hydrogen) atoms. The van der Waals surface area contributed by atoms with Crippen LogP contribution in [0.5, 0.6) is 0 Å². The Morgan fingerprint density at radius 2 is 2.32 bits per heavy atom. The first kappa shape index (κ1) is 17.3. The molecular weight excluding hydrogens is 351 g/mol. The van der Waals surface area contributed by atoms with Crippen LogP contribution in [0, 0.1) is 5.82 Å². The van der Waals surface area contributed by atoms with E-state index < -0.39 is 18.0 Å². The van der Waals surface area contributed by atoms with Crippen molar-refractivity contribution in [3.8, 4) is 0 Å². The molecule has 1 saturated heterocycles. The largest absolute Gasteiger partial charge is 0.441 e. The van der Waals surface area contributed by atoms with Crippen LogP contribution in [0.15, 0.2) is 23.3 Å². The fourth-order valence-electron chi connectivity index (χ4n) is 2.58. The SMILES string of the molecule is NNC(=S)N1CCN(c2ccc(N3CC(CO)OC3=O)cc2F)C=N1. The van der Waals surface area contributed by atoms with Crippen LogP contribution in [-0.4, -0.2) is 60.0 Å². The lowest BCUT2D eigenvalue weighted by Gasteiger charge is -2.30. The number of hydrogen-bond acceptors (Lipinski definition) is 7. The number of hydrazone groups is 1. The second-order valence-electron chi connectivity index (χ2n) is 5.43. The molecule has 0 aliphatic carbocycles. The number of halogens is 1. The molecule has 1 unspecified atom stereocenters. The van der Waals surface area contributed by atoms with Crippen molar-refractivity contribution < 1.29 is 19.0 Å². The quantitative estimate of drug-likeness (QED) is 0.388. The lowest BCUT2D eigenvalue weighted by molar-refractivity contribution is 0.0963. The van der Waals surface area contributed by atoms with Gasteiger partial charge in [-0.3, -0.25) is 10.3 Å². The molecule has 0 aromatic heterocycles. The minimum atomic E-state index is -0.607. The van der Waals surface area contributed by atoms with Crippen LogP contribution >= 0.6 is 12.2 Å². The summed E-state index contributed by atoms with van der Waals surface area (Å²) in [6.45, 7) is 0.804. The highest BCUT2D eigenvalue weighted by Crippen LogP contribution is 2.28. The molecule has 2 aliphatic heterocycles. The van der Waals surface area contributed by atoms with E-state index in [1.54, 1.807) is 17.0 Å². The highest BCUT2D eigenvalue weighted by Gasteiger charge is 2.32. The first-order valence-electron chi connectivity index (χ1n) is 7.51. The molecule has 0 radical (unpaired) electrons. The van der Waals surface area contributed by atoms with Gasteiger partial charge in [0.2, 0.25) is 5.11 Å². The molecule has 3 rings (SSSR count). The van der Waals surface area contributed by atoms with E-state index >= 15 is 0 Å². The number of carbonyl (C=O) groups is 1. The number of hydrogen-bond donors (Lipinski definition) is 3. The van der Waals surface area contributed by atoms with Gasteiger partial charge in [-0.25, -0.2) is 20.0 Å². The number of cyclic esters (lactones) is 1. The van der Waals surface area contributed by atoms with Gasteiger partial charge in [0.25, 0.3) is 0 Å². The van der Waals surface area contributed by atoms with E-state index in [2.05, 4.69) is 10.5 Å². The second-order valence-corrected chi connectivity index (χ2v) is 5.82. The highest BCUT2D eigenvalue weighted by atomic mass is 32.1. The topological polar surface area (TPSA) is 107 Å². The molecule has 1 atom stereocenters. The number of carbonyl (C=O) groups excluding carboxylic acids is 1. The minimum Gasteiger partial charge on any atom is -0.441 e. The summed E-state index contributed by atoms with van der Waals surface area (Å²) in [5.74, 6) is 4.74. The first-order chi connectivity index (χ1) is 12.0. The van der Waals surface area contributed by atoms with Gasteiger partial charge in [0.15, 0.2) is 0 Å². The van der Waals surface area contributed by atoms with E-state index in [-0.39, 0.29) is 18.3 Å². The van der Waals surface area contributed by atoms with E-state index in [0.717, 1.165) is 0 Å². The number of amides is 1. The number of aliphatic hydroxyl groups excluding tert-OH is 1. The van der Waals surface area contributed by atoms with Crippen molar-refractivity contribution in [2.24, 2.45) is 10.9 Å². The van der Waals surface area contributed by atoms with Gasteiger partial charge in [-0.1, -0.05) is 0 Å². The van der Waals surface area contributed by atoms with Gasteiger partial charge >= 0.3 is 6.09 Å². The average Bonchev–Trinajstić information content (AvgIpc) is 3.02. The summed E-state index contributed by atoms with van der Waals surface area (Å²) < 4.78 is 19.5. The Bertz CT molecular complexity index is 718. The van der Waals surface area contributed by atoms with Crippen LogP contribution in [0.25, 0.3) is 0 Å². The molecule has 1 aromatic carbocycles. The number of benzene rings is 1. The van der Waals surface area contributed by atoms with Crippen LogP contribution in [0.1, 0.15) is 0 Å². The molecule has 134 valence electrons. The second kappa shape index (κ2) is 7.17. The summed E-state index contributed by atoms with van der Waals surface area (Å²) in [6, 6.07) is 4.43. The maximum atomic E-state index is 14.5. The molecule has 1 fully saturated rings. The lowest BCUT2D eigenvalue weighted by atomic mass is 10.2. The van der Waals surface area contributed by atoms with Crippen LogP contribution < -0.4 is 21.1 Å². The van der Waals surface area contributed by atoms with Crippen LogP contribution in [0.3, 0.4) is 0 Å². The van der Waals surface area contributed by atoms with Crippen molar-refractivity contribution in [3.63, 3.8) is 0 Å². The monoisotopic (exact) mass is 368 g/mol. The van der Waals surface area contributed by atoms with Gasteiger partial charge < -0.3 is 14.7 Å². The minimum absolute atomic E-state index is 0.178. The number of nitrogens with zero attached hydrogens (tertiary/aromatic N) is 4. The third-order valence-electron chi connectivity index (χ3n) is 3.87. The fraction of sp³-hybridized carbons (Fsp3) is 0.357. The summed E-state index contributed by atoms with van der Waals surface area (Å²) in [7, 11) is 0. The third kappa shape index (κ3) is 3.48. The first-order valence-corrected chi connectivity index (χ1v) is 7.91. The van der Waals surface area contributed by atoms with E-state index in [9.17, 15) is 9.18 Å². The zero-order valence-electron chi connectivity index (χ0n) is 13.1. The summed E-state index contributed by atoms with van der Waals surface area (Å²) in [4.78, 5) is 14.7. The third-order valence-corrected chi connectivity index (χ3v) is 4.20. The number of aliphatic hydroxyl groups is 1. The number of anilines is 2. The average molecular weight is 368 g/mol. The molecule has 9 nitrogen and oxygen atoms in total. The zero-order valence-corrected chi connectivity index (χ0v) is 13.9. The van der Waals surface area contributed by atoms with Gasteiger partial charge in [0.05, 0.1) is 31.1 Å². The molecule has 1 aromatic rings. The summed E-state index contributed by atoms with van der Waals surface area (Å²) >= 11 is 4.98. The molecule has 4 N–H and O–H groups in total. The molecular formula is C14H17FN6O3S. The van der Waals surface area contributed by atoms with Crippen molar-refractivity contribution in [1.29, 1.82) is 0 Å². The number of thiocarbonyl (C=S) groups is 1. The highest BCUT2D eigenvalue weighted by molar-refractivity contribution is 7.80. The van der Waals surface area contributed by atoms with Gasteiger partial charge in [0.1, 0.15) is 18.3 Å². The number of ether oxygens (including phenoxy) is 1. The van der Waals surface area contributed by atoms with Gasteiger partial charge in [-0.05, 0) is 30.4 Å². The Hall–Kier alpha value is -2.50. The summed E-state index contributed by atoms with van der Waals surface area (Å²) in [6.07, 6.45) is 0.247. The van der Waals surface area contributed by atoms with E-state index in [0.29, 0.717) is 24.5 Å². The standard InChI is InChI=1S/C14H17FN6O3S/c15-11-5-9(20-6-10(7-22)24-14(20)23)1-2-12(11)19-3-4-21(17-8-19)13(25)18-16/h1-2,5,8,10,22H,3-4,6-7,16H2,(H,18,25). The lowest BCUT2D eigenvalue weighted by Crippen LogP contribution is -2.47. The molecule has 2 aliphatic rings. The van der Waals surface area contributed by atoms with Crippen molar-refractivity contribution in [2.75, 3.05) is 36.0 Å². The summed E-state index contributed by atoms with van der Waals surface area (Å²) in [5.41, 5.74) is 3.03. The smallest absolute Gasteiger partial charge is 0.414 e. The molecule has 0 spiro atoms. The molecule has 2 heterocycles. The maximum Gasteiger partial charge on any atom is 0.414 e. The molecule has 1 amide bonds. The Kier molecular flexibility index (Phi) is 4.97. The Morgan fingerprint density at radius 1 is 1.52 bits per heavy atom. The number of rotatable bonds is 3. The Labute approximate surface area is 148 Å². The predicted octanol–water partition coefficient (Wildman–Crippen LogP) is -0.0433.